The summed E-state index contributed by atoms with van der Waals surface area (Å²) in [6.45, 7) is 0. The van der Waals surface area contributed by atoms with Crippen LogP contribution < -0.4 is 4.90 Å². The lowest BCUT2D eigenvalue weighted by Gasteiger charge is -2.29. The summed E-state index contributed by atoms with van der Waals surface area (Å²) >= 11 is 0. The standard InChI is InChI=1S/C70H47N/c1-5-19-48(20-6-1)62-42-41-58(45-67(62)49-21-7-2-8-22-49)71(57-39-37-54(38-40-57)66-43-55-28-14-16-30-61(55)63-31-17-18-32-64(63)66)59-46-68(50-23-9-3-10-24-50)70(69(47-59)51-25-11-4-12-26-51)56-36-35-53-34-33-52-27-13-15-29-60(52)65(53)44-56/h1-47H. The molecule has 0 bridgehead atoms. The van der Waals surface area contributed by atoms with Crippen molar-refractivity contribution >= 4 is 60.2 Å². The number of anilines is 3. The molecule has 0 amide bonds. The van der Waals surface area contributed by atoms with Crippen LogP contribution in [0.15, 0.2) is 285 Å². The Morgan fingerprint density at radius 3 is 1.20 bits per heavy atom. The largest absolute Gasteiger partial charge is 0.310 e. The Balaban J connectivity index is 1.08. The van der Waals surface area contributed by atoms with Gasteiger partial charge < -0.3 is 4.90 Å². The Kier molecular flexibility index (Phi) is 10.6. The zero-order chi connectivity index (χ0) is 47.1. The summed E-state index contributed by atoms with van der Waals surface area (Å²) in [5, 5.41) is 9.99. The van der Waals surface area contributed by atoms with Crippen molar-refractivity contribution in [2.75, 3.05) is 4.90 Å². The fourth-order valence-electron chi connectivity index (χ4n) is 10.8. The summed E-state index contributed by atoms with van der Waals surface area (Å²) in [6.07, 6.45) is 0. The van der Waals surface area contributed by atoms with Gasteiger partial charge in [-0.15, -0.1) is 0 Å². The summed E-state index contributed by atoms with van der Waals surface area (Å²) in [5.74, 6) is 0. The lowest BCUT2D eigenvalue weighted by atomic mass is 9.85. The fraction of sp³-hybridized carbons (Fsp3) is 0. The van der Waals surface area contributed by atoms with Gasteiger partial charge in [-0.1, -0.05) is 237 Å². The Hall–Kier alpha value is -9.30. The van der Waals surface area contributed by atoms with Gasteiger partial charge >= 0.3 is 0 Å². The van der Waals surface area contributed by atoms with Gasteiger partial charge in [-0.3, -0.25) is 0 Å². The number of rotatable bonds is 9. The van der Waals surface area contributed by atoms with Crippen LogP contribution in [0.4, 0.5) is 17.1 Å². The molecule has 0 saturated heterocycles. The Bertz CT molecular complexity index is 4010. The van der Waals surface area contributed by atoms with Crippen LogP contribution >= 0.6 is 0 Å². The van der Waals surface area contributed by atoms with Crippen LogP contribution in [0.2, 0.25) is 0 Å². The lowest BCUT2D eigenvalue weighted by molar-refractivity contribution is 1.28. The maximum Gasteiger partial charge on any atom is 0.0474 e. The second-order valence-corrected chi connectivity index (χ2v) is 18.4. The third kappa shape index (κ3) is 7.71. The second-order valence-electron chi connectivity index (χ2n) is 18.4. The van der Waals surface area contributed by atoms with Gasteiger partial charge in [0.2, 0.25) is 0 Å². The first-order valence-electron chi connectivity index (χ1n) is 24.5. The first kappa shape index (κ1) is 41.9. The highest BCUT2D eigenvalue weighted by atomic mass is 15.1. The van der Waals surface area contributed by atoms with Gasteiger partial charge in [-0.2, -0.15) is 0 Å². The Labute approximate surface area is 414 Å². The highest BCUT2D eigenvalue weighted by Crippen LogP contribution is 2.49. The normalized spacial score (nSPS) is 11.4. The molecular formula is C70H47N. The minimum absolute atomic E-state index is 1.06. The molecular weight excluding hydrogens is 855 g/mol. The average Bonchev–Trinajstić information content (AvgIpc) is 3.45. The molecule has 332 valence electrons. The number of nitrogens with zero attached hydrogens (tertiary/aromatic N) is 1. The number of benzene rings is 13. The minimum Gasteiger partial charge on any atom is -0.310 e. The lowest BCUT2D eigenvalue weighted by Crippen LogP contribution is -2.11. The average molecular weight is 902 g/mol. The molecule has 71 heavy (non-hydrogen) atoms. The molecule has 0 N–H and O–H groups in total. The van der Waals surface area contributed by atoms with Crippen molar-refractivity contribution in [3.8, 4) is 66.8 Å². The maximum atomic E-state index is 2.46. The molecule has 0 spiro atoms. The van der Waals surface area contributed by atoms with Crippen LogP contribution in [0.25, 0.3) is 110 Å². The van der Waals surface area contributed by atoms with Crippen LogP contribution in [0.5, 0.6) is 0 Å². The molecule has 0 radical (unpaired) electrons. The van der Waals surface area contributed by atoms with Gasteiger partial charge in [-0.05, 0) is 158 Å². The Morgan fingerprint density at radius 2 is 0.592 bits per heavy atom. The Morgan fingerprint density at radius 1 is 0.183 bits per heavy atom. The minimum atomic E-state index is 1.06. The third-order valence-corrected chi connectivity index (χ3v) is 14.2. The predicted molar refractivity (Wildman–Crippen MR) is 304 cm³/mol. The third-order valence-electron chi connectivity index (χ3n) is 14.2. The number of fused-ring (bicyclic) bond motifs is 6. The van der Waals surface area contributed by atoms with Crippen molar-refractivity contribution in [3.63, 3.8) is 0 Å². The summed E-state index contributed by atoms with van der Waals surface area (Å²) < 4.78 is 0. The molecule has 0 fully saturated rings. The summed E-state index contributed by atoms with van der Waals surface area (Å²) in [5.41, 5.74) is 17.3. The molecule has 13 aromatic carbocycles. The molecule has 0 atom stereocenters. The first-order valence-corrected chi connectivity index (χ1v) is 24.5. The van der Waals surface area contributed by atoms with Crippen molar-refractivity contribution < 1.29 is 0 Å². The molecule has 0 saturated carbocycles. The van der Waals surface area contributed by atoms with Gasteiger partial charge in [0.25, 0.3) is 0 Å². The van der Waals surface area contributed by atoms with Crippen molar-refractivity contribution in [2.45, 2.75) is 0 Å². The van der Waals surface area contributed by atoms with Crippen LogP contribution in [-0.4, -0.2) is 0 Å². The van der Waals surface area contributed by atoms with Gasteiger partial charge in [0, 0.05) is 17.1 Å². The van der Waals surface area contributed by atoms with E-state index in [0.717, 1.165) is 39.3 Å². The monoisotopic (exact) mass is 901 g/mol. The quantitative estimate of drug-likeness (QED) is 0.131. The molecule has 13 rings (SSSR count). The van der Waals surface area contributed by atoms with E-state index in [2.05, 4.69) is 290 Å². The molecule has 0 aromatic heterocycles. The van der Waals surface area contributed by atoms with Gasteiger partial charge in [0.1, 0.15) is 0 Å². The van der Waals surface area contributed by atoms with E-state index in [0.29, 0.717) is 0 Å². The van der Waals surface area contributed by atoms with E-state index in [9.17, 15) is 0 Å². The summed E-state index contributed by atoms with van der Waals surface area (Å²) in [6, 6.07) is 105. The zero-order valence-corrected chi connectivity index (χ0v) is 39.1. The van der Waals surface area contributed by atoms with Crippen molar-refractivity contribution in [1.29, 1.82) is 0 Å². The molecule has 0 heterocycles. The summed E-state index contributed by atoms with van der Waals surface area (Å²) in [7, 11) is 0. The first-order chi connectivity index (χ1) is 35.2. The predicted octanol–water partition coefficient (Wildman–Crippen LogP) is 19.8. The van der Waals surface area contributed by atoms with E-state index in [1.54, 1.807) is 0 Å². The molecule has 0 aliphatic rings. The molecule has 0 aliphatic carbocycles. The number of hydrogen-bond donors (Lipinski definition) is 0. The number of hydrogen-bond acceptors (Lipinski definition) is 1. The molecule has 1 heteroatoms. The van der Waals surface area contributed by atoms with Crippen molar-refractivity contribution in [2.24, 2.45) is 0 Å². The van der Waals surface area contributed by atoms with E-state index in [1.165, 1.54) is 87.6 Å². The van der Waals surface area contributed by atoms with Crippen LogP contribution in [0.1, 0.15) is 0 Å². The molecule has 0 unspecified atom stereocenters. The molecule has 1 nitrogen and oxygen atoms in total. The highest BCUT2D eigenvalue weighted by molar-refractivity contribution is 6.14. The van der Waals surface area contributed by atoms with Gasteiger partial charge in [0.05, 0.1) is 0 Å². The molecule has 0 aliphatic heterocycles. The van der Waals surface area contributed by atoms with Crippen molar-refractivity contribution in [1.82, 2.24) is 0 Å². The van der Waals surface area contributed by atoms with Gasteiger partial charge in [-0.25, -0.2) is 0 Å². The fourth-order valence-corrected chi connectivity index (χ4v) is 10.8. The zero-order valence-electron chi connectivity index (χ0n) is 39.1. The van der Waals surface area contributed by atoms with E-state index >= 15 is 0 Å². The van der Waals surface area contributed by atoms with E-state index in [4.69, 9.17) is 0 Å². The van der Waals surface area contributed by atoms with E-state index in [1.807, 2.05) is 0 Å². The second kappa shape index (κ2) is 18.0. The topological polar surface area (TPSA) is 3.24 Å². The maximum absolute atomic E-state index is 2.46. The molecule has 13 aromatic rings. The van der Waals surface area contributed by atoms with Crippen LogP contribution in [0.3, 0.4) is 0 Å². The van der Waals surface area contributed by atoms with Gasteiger partial charge in [0.15, 0.2) is 0 Å². The van der Waals surface area contributed by atoms with Crippen LogP contribution in [0, 0.1) is 0 Å². The SMILES string of the molecule is c1ccc(-c2ccc(N(c3ccc(-c4cc5ccccc5c5ccccc45)cc3)c3cc(-c4ccccc4)c(-c4ccc5ccc6ccccc6c5c4)c(-c4ccccc4)c3)cc2-c2ccccc2)cc1. The summed E-state index contributed by atoms with van der Waals surface area (Å²) in [4.78, 5) is 2.46. The van der Waals surface area contributed by atoms with Crippen molar-refractivity contribution in [3.05, 3.63) is 285 Å². The van der Waals surface area contributed by atoms with Crippen LogP contribution in [-0.2, 0) is 0 Å². The smallest absolute Gasteiger partial charge is 0.0474 e. The highest BCUT2D eigenvalue weighted by Gasteiger charge is 2.23. The van der Waals surface area contributed by atoms with E-state index < -0.39 is 0 Å². The van der Waals surface area contributed by atoms with E-state index in [-0.39, 0.29) is 0 Å².